The van der Waals surface area contributed by atoms with E-state index in [2.05, 4.69) is 19.0 Å². The van der Waals surface area contributed by atoms with Crippen molar-refractivity contribution >= 4 is 10.1 Å². The van der Waals surface area contributed by atoms with Crippen molar-refractivity contribution < 1.29 is 31.9 Å². The molecule has 0 bridgehead atoms. The molecule has 0 fully saturated rings. The van der Waals surface area contributed by atoms with E-state index in [0.717, 1.165) is 12.8 Å². The summed E-state index contributed by atoms with van der Waals surface area (Å²) in [6, 6.07) is 0. The first-order valence-electron chi connectivity index (χ1n) is 8.34. The Hall–Kier alpha value is -0.850. The van der Waals surface area contributed by atoms with Crippen LogP contribution in [0.5, 0.6) is 0 Å². The summed E-state index contributed by atoms with van der Waals surface area (Å²) < 4.78 is 49.9. The van der Waals surface area contributed by atoms with Crippen molar-refractivity contribution in [2.75, 3.05) is 52.0 Å². The van der Waals surface area contributed by atoms with Crippen molar-refractivity contribution in [2.24, 2.45) is 0 Å². The molecule has 0 aliphatic carbocycles. The molecule has 1 N–H and O–H groups in total. The average molecular weight is 366 g/mol. The van der Waals surface area contributed by atoms with Crippen LogP contribution in [0.25, 0.3) is 0 Å². The van der Waals surface area contributed by atoms with Crippen LogP contribution in [0.15, 0.2) is 0 Å². The van der Waals surface area contributed by atoms with Gasteiger partial charge in [-0.1, -0.05) is 32.1 Å². The molecule has 0 aliphatic heterocycles. The fourth-order valence-electron chi connectivity index (χ4n) is 1.60. The van der Waals surface area contributed by atoms with Gasteiger partial charge in [-0.2, -0.15) is 8.42 Å². The van der Waals surface area contributed by atoms with Gasteiger partial charge in [0.2, 0.25) is 0 Å². The van der Waals surface area contributed by atoms with E-state index in [1.165, 1.54) is 19.3 Å². The topological polar surface area (TPSA) is 91.3 Å². The van der Waals surface area contributed by atoms with E-state index in [4.69, 9.17) is 23.5 Å². The third kappa shape index (κ3) is 21.1. The predicted molar refractivity (Wildman–Crippen MR) is 91.4 cm³/mol. The molecule has 0 aromatic rings. The quantitative estimate of drug-likeness (QED) is 0.253. The van der Waals surface area contributed by atoms with Crippen molar-refractivity contribution in [3.05, 3.63) is 0 Å². The monoisotopic (exact) mass is 366 g/mol. The number of hydrogen-bond acceptors (Lipinski definition) is 6. The van der Waals surface area contributed by atoms with Crippen LogP contribution in [0.1, 0.15) is 39.0 Å². The zero-order valence-electron chi connectivity index (χ0n) is 14.5. The highest BCUT2D eigenvalue weighted by molar-refractivity contribution is 7.85. The zero-order chi connectivity index (χ0) is 17.9. The molecule has 0 aliphatic rings. The maximum absolute atomic E-state index is 10.4. The van der Waals surface area contributed by atoms with Crippen LogP contribution >= 0.6 is 0 Å². The lowest BCUT2D eigenvalue weighted by atomic mass is 10.2. The van der Waals surface area contributed by atoms with E-state index >= 15 is 0 Å². The normalized spacial score (nSPS) is 11.1. The fraction of sp³-hybridized carbons (Fsp3) is 0.875. The molecule has 0 aromatic heterocycles. The maximum Gasteiger partial charge on any atom is 0.267 e. The van der Waals surface area contributed by atoms with E-state index in [0.29, 0.717) is 33.0 Å². The molecule has 0 heterocycles. The van der Waals surface area contributed by atoms with Crippen LogP contribution in [-0.2, 0) is 29.1 Å². The summed E-state index contributed by atoms with van der Waals surface area (Å²) in [5.74, 6) is 2.56. The average Bonchev–Trinajstić information content (AvgIpc) is 2.52. The molecular formula is C16H30O7S. The number of unbranched alkanes of at least 4 members (excludes halogenated alkanes) is 4. The van der Waals surface area contributed by atoms with E-state index in [1.807, 2.05) is 0 Å². The Morgan fingerprint density at radius 1 is 0.833 bits per heavy atom. The first-order chi connectivity index (χ1) is 11.6. The summed E-state index contributed by atoms with van der Waals surface area (Å²) in [6.07, 6.45) is 8.37. The summed E-state index contributed by atoms with van der Waals surface area (Å²) in [6.45, 7) is 4.50. The van der Waals surface area contributed by atoms with Crippen molar-refractivity contribution in [3.8, 4) is 12.0 Å². The fourth-order valence-corrected chi connectivity index (χ4v) is 1.93. The highest BCUT2D eigenvalue weighted by Gasteiger charge is 2.02. The standard InChI is InChI=1S/C16H30O7S/c1-2-3-4-5-6-7-8-20-9-10-21-11-12-22-13-14-23-15-16-24(17,18)19/h2-6,9-16H2,1H3,(H,17,18,19). The van der Waals surface area contributed by atoms with Gasteiger partial charge in [0.1, 0.15) is 12.7 Å². The summed E-state index contributed by atoms with van der Waals surface area (Å²) >= 11 is 0. The van der Waals surface area contributed by atoms with Gasteiger partial charge in [0, 0.05) is 6.42 Å². The summed E-state index contributed by atoms with van der Waals surface area (Å²) in [5, 5.41) is 0. The molecule has 0 saturated heterocycles. The molecule has 142 valence electrons. The molecule has 0 atom stereocenters. The first kappa shape index (κ1) is 23.1. The highest BCUT2D eigenvalue weighted by Crippen LogP contribution is 2.00. The van der Waals surface area contributed by atoms with E-state index in [9.17, 15) is 8.42 Å². The molecular weight excluding hydrogens is 336 g/mol. The Balaban J connectivity index is 3.14. The van der Waals surface area contributed by atoms with Gasteiger partial charge in [-0.25, -0.2) is 0 Å². The largest absolute Gasteiger partial charge is 0.444 e. The number of rotatable bonds is 16. The van der Waals surface area contributed by atoms with Crippen LogP contribution < -0.4 is 0 Å². The molecule has 0 radical (unpaired) electrons. The Labute approximate surface area is 145 Å². The van der Waals surface area contributed by atoms with Gasteiger partial charge in [-0.05, 0) is 6.42 Å². The van der Waals surface area contributed by atoms with E-state index in [1.54, 1.807) is 0 Å². The van der Waals surface area contributed by atoms with E-state index < -0.39 is 15.9 Å². The Morgan fingerprint density at radius 3 is 2.00 bits per heavy atom. The third-order valence-electron chi connectivity index (χ3n) is 2.86. The second-order valence-corrected chi connectivity index (χ2v) is 6.63. The van der Waals surface area contributed by atoms with Crippen molar-refractivity contribution in [1.29, 1.82) is 0 Å². The number of hydrogen-bond donors (Lipinski definition) is 1. The molecule has 0 unspecified atom stereocenters. The second-order valence-electron chi connectivity index (χ2n) is 5.06. The lowest BCUT2D eigenvalue weighted by Crippen LogP contribution is -2.14. The molecule has 0 rings (SSSR count). The highest BCUT2D eigenvalue weighted by atomic mass is 32.2. The molecule has 0 aromatic carbocycles. The first-order valence-corrected chi connectivity index (χ1v) is 9.95. The minimum atomic E-state index is -3.95. The third-order valence-corrected chi connectivity index (χ3v) is 3.54. The van der Waals surface area contributed by atoms with Gasteiger partial charge in [0.15, 0.2) is 0 Å². The predicted octanol–water partition coefficient (Wildman–Crippen LogP) is 1.87. The van der Waals surface area contributed by atoms with Gasteiger partial charge < -0.3 is 18.9 Å². The molecule has 7 nitrogen and oxygen atoms in total. The van der Waals surface area contributed by atoms with Crippen LogP contribution in [0.2, 0.25) is 0 Å². The van der Waals surface area contributed by atoms with Gasteiger partial charge in [0.25, 0.3) is 10.1 Å². The minimum absolute atomic E-state index is 0.0460. The molecule has 0 spiro atoms. The summed E-state index contributed by atoms with van der Waals surface area (Å²) in [7, 11) is -3.95. The van der Waals surface area contributed by atoms with Gasteiger partial charge >= 0.3 is 0 Å². The van der Waals surface area contributed by atoms with Gasteiger partial charge in [0.05, 0.1) is 45.4 Å². The van der Waals surface area contributed by atoms with Crippen LogP contribution in [0, 0.1) is 12.0 Å². The Bertz CT molecular complexity index is 425. The lowest BCUT2D eigenvalue weighted by Gasteiger charge is -2.06. The Morgan fingerprint density at radius 2 is 1.42 bits per heavy atom. The van der Waals surface area contributed by atoms with Gasteiger partial charge in [-0.15, -0.1) is 0 Å². The molecule has 8 heteroatoms. The van der Waals surface area contributed by atoms with Crippen molar-refractivity contribution in [2.45, 2.75) is 39.0 Å². The molecule has 0 amide bonds. The van der Waals surface area contributed by atoms with Crippen LogP contribution in [0.4, 0.5) is 0 Å². The number of ether oxygens (including phenoxy) is 4. The van der Waals surface area contributed by atoms with Crippen molar-refractivity contribution in [3.63, 3.8) is 0 Å². The van der Waals surface area contributed by atoms with Crippen LogP contribution in [0.3, 0.4) is 0 Å². The molecule has 24 heavy (non-hydrogen) atoms. The van der Waals surface area contributed by atoms with Crippen molar-refractivity contribution in [1.82, 2.24) is 0 Å². The van der Waals surface area contributed by atoms with E-state index in [-0.39, 0.29) is 13.2 Å². The summed E-state index contributed by atoms with van der Waals surface area (Å²) in [4.78, 5) is 0. The van der Waals surface area contributed by atoms with Crippen LogP contribution in [-0.4, -0.2) is 65.0 Å². The Kier molecular flexibility index (Phi) is 16.4. The molecule has 0 saturated carbocycles. The maximum atomic E-state index is 10.4. The lowest BCUT2D eigenvalue weighted by molar-refractivity contribution is 0.00971. The zero-order valence-corrected chi connectivity index (χ0v) is 15.3. The smallest absolute Gasteiger partial charge is 0.267 e. The second kappa shape index (κ2) is 17.0. The summed E-state index contributed by atoms with van der Waals surface area (Å²) in [5.41, 5.74) is 0. The van der Waals surface area contributed by atoms with Gasteiger partial charge in [-0.3, -0.25) is 4.55 Å². The SMILES string of the molecule is CCCCCCC#COCCOCCOCCOCCS(=O)(=O)O. The minimum Gasteiger partial charge on any atom is -0.444 e.